The second-order valence-corrected chi connectivity index (χ2v) is 8.33. The number of sulfonamides is 1. The fraction of sp³-hybridized carbons (Fsp3) is 0.562. The number of amides is 1. The molecule has 2 heterocycles. The number of para-hydroxylation sites is 1. The molecule has 0 N–H and O–H groups in total. The van der Waals surface area contributed by atoms with Crippen molar-refractivity contribution >= 4 is 21.8 Å². The lowest BCUT2D eigenvalue weighted by atomic mass is 10.1. The lowest BCUT2D eigenvalue weighted by molar-refractivity contribution is -0.387. The van der Waals surface area contributed by atoms with E-state index in [0.29, 0.717) is 19.4 Å². The number of nitrogens with zero attached hydrogens (tertiary/aromatic N) is 3. The predicted octanol–water partition coefficient (Wildman–Crippen LogP) is 1.98. The van der Waals surface area contributed by atoms with Crippen molar-refractivity contribution in [3.8, 4) is 0 Å². The van der Waals surface area contributed by atoms with Crippen LogP contribution < -0.4 is 0 Å². The molecule has 142 valence electrons. The highest BCUT2D eigenvalue weighted by molar-refractivity contribution is 7.89. The van der Waals surface area contributed by atoms with Gasteiger partial charge in [0.15, 0.2) is 4.90 Å². The van der Waals surface area contributed by atoms with Crippen molar-refractivity contribution in [2.45, 2.75) is 43.2 Å². The van der Waals surface area contributed by atoms with E-state index in [2.05, 4.69) is 0 Å². The molecule has 10 heteroatoms. The molecule has 0 radical (unpaired) electrons. The third-order valence-corrected chi connectivity index (χ3v) is 6.85. The summed E-state index contributed by atoms with van der Waals surface area (Å²) in [6.07, 6.45) is 1.23. The molecule has 0 spiro atoms. The van der Waals surface area contributed by atoms with E-state index in [-0.39, 0.29) is 36.2 Å². The maximum atomic E-state index is 12.8. The Hall–Kier alpha value is -2.20. The zero-order valence-electron chi connectivity index (χ0n) is 14.4. The van der Waals surface area contributed by atoms with E-state index < -0.39 is 20.6 Å². The Labute approximate surface area is 151 Å². The van der Waals surface area contributed by atoms with Gasteiger partial charge in [-0.25, -0.2) is 13.2 Å². The maximum Gasteiger partial charge on any atom is 0.410 e. The fourth-order valence-corrected chi connectivity index (χ4v) is 5.04. The highest BCUT2D eigenvalue weighted by Crippen LogP contribution is 2.30. The van der Waals surface area contributed by atoms with Crippen LogP contribution in [0, 0.1) is 10.1 Å². The molecule has 9 nitrogen and oxygen atoms in total. The van der Waals surface area contributed by atoms with Crippen molar-refractivity contribution in [3.05, 3.63) is 34.4 Å². The van der Waals surface area contributed by atoms with Crippen LogP contribution in [0.5, 0.6) is 0 Å². The summed E-state index contributed by atoms with van der Waals surface area (Å²) < 4.78 is 32.2. The van der Waals surface area contributed by atoms with Crippen molar-refractivity contribution in [2.75, 3.05) is 19.6 Å². The van der Waals surface area contributed by atoms with Gasteiger partial charge in [0, 0.05) is 25.2 Å². The predicted molar refractivity (Wildman–Crippen MR) is 92.1 cm³/mol. The monoisotopic (exact) mass is 383 g/mol. The summed E-state index contributed by atoms with van der Waals surface area (Å²) in [7, 11) is -3.96. The van der Waals surface area contributed by atoms with Crippen molar-refractivity contribution in [1.82, 2.24) is 9.21 Å². The van der Waals surface area contributed by atoms with Crippen molar-refractivity contribution in [3.63, 3.8) is 0 Å². The number of ether oxygens (including phenoxy) is 1. The number of nitro benzene ring substituents is 1. The van der Waals surface area contributed by atoms with Gasteiger partial charge < -0.3 is 9.64 Å². The van der Waals surface area contributed by atoms with E-state index in [1.165, 1.54) is 28.6 Å². The van der Waals surface area contributed by atoms with Gasteiger partial charge in [0.05, 0.1) is 11.5 Å². The molecule has 0 aromatic heterocycles. The highest BCUT2D eigenvalue weighted by atomic mass is 32.2. The molecule has 2 saturated heterocycles. The van der Waals surface area contributed by atoms with Crippen molar-refractivity contribution in [1.29, 1.82) is 0 Å². The van der Waals surface area contributed by atoms with E-state index in [9.17, 15) is 23.3 Å². The van der Waals surface area contributed by atoms with Gasteiger partial charge in [-0.2, -0.15) is 4.31 Å². The second-order valence-electron chi connectivity index (χ2n) is 6.43. The van der Waals surface area contributed by atoms with Crippen molar-refractivity contribution in [2.24, 2.45) is 0 Å². The normalized spacial score (nSPS) is 22.4. The average Bonchev–Trinajstić information content (AvgIpc) is 3.02. The van der Waals surface area contributed by atoms with Crippen LogP contribution in [0.1, 0.15) is 26.2 Å². The zero-order chi connectivity index (χ0) is 18.9. The first-order chi connectivity index (χ1) is 12.3. The van der Waals surface area contributed by atoms with E-state index in [4.69, 9.17) is 4.74 Å². The van der Waals surface area contributed by atoms with Gasteiger partial charge >= 0.3 is 6.09 Å². The summed E-state index contributed by atoms with van der Waals surface area (Å²) >= 11 is 0. The number of hydrogen-bond acceptors (Lipinski definition) is 6. The molecule has 1 amide bonds. The van der Waals surface area contributed by atoms with Gasteiger partial charge in [-0.3, -0.25) is 10.1 Å². The summed E-state index contributed by atoms with van der Waals surface area (Å²) in [4.78, 5) is 23.8. The molecule has 1 atom stereocenters. The van der Waals surface area contributed by atoms with Crippen LogP contribution in [0.2, 0.25) is 0 Å². The van der Waals surface area contributed by atoms with Gasteiger partial charge in [0.25, 0.3) is 5.69 Å². The molecular weight excluding hydrogens is 362 g/mol. The summed E-state index contributed by atoms with van der Waals surface area (Å²) in [5.41, 5.74) is -0.427. The lowest BCUT2D eigenvalue weighted by Gasteiger charge is -2.34. The van der Waals surface area contributed by atoms with E-state index in [0.717, 1.165) is 6.42 Å². The van der Waals surface area contributed by atoms with Crippen molar-refractivity contribution < 1.29 is 22.9 Å². The largest absolute Gasteiger partial charge is 0.444 e. The summed E-state index contributed by atoms with van der Waals surface area (Å²) in [5, 5.41) is 11.1. The summed E-state index contributed by atoms with van der Waals surface area (Å²) in [6, 6.07) is 5.27. The van der Waals surface area contributed by atoms with Crippen LogP contribution >= 0.6 is 0 Å². The Bertz CT molecular complexity index is 804. The molecule has 2 aliphatic rings. The fourth-order valence-electron chi connectivity index (χ4n) is 3.41. The van der Waals surface area contributed by atoms with Crippen LogP contribution in [0.4, 0.5) is 10.5 Å². The third-order valence-electron chi connectivity index (χ3n) is 4.90. The van der Waals surface area contributed by atoms with Gasteiger partial charge in [0.1, 0.15) is 6.10 Å². The van der Waals surface area contributed by atoms with Gasteiger partial charge in [0.2, 0.25) is 10.0 Å². The number of carbonyl (C=O) groups excluding carboxylic acids is 1. The second kappa shape index (κ2) is 7.20. The first kappa shape index (κ1) is 18.6. The number of piperidine rings is 1. The quantitative estimate of drug-likeness (QED) is 0.568. The van der Waals surface area contributed by atoms with Crippen LogP contribution in [0.25, 0.3) is 0 Å². The molecule has 26 heavy (non-hydrogen) atoms. The number of hydrogen-bond donors (Lipinski definition) is 0. The van der Waals surface area contributed by atoms with Crippen LogP contribution in [0.15, 0.2) is 29.2 Å². The molecule has 0 bridgehead atoms. The van der Waals surface area contributed by atoms with Crippen LogP contribution in [0.3, 0.4) is 0 Å². The molecular formula is C16H21N3O6S. The van der Waals surface area contributed by atoms with Gasteiger partial charge in [-0.1, -0.05) is 19.1 Å². The Balaban J connectivity index is 1.72. The lowest BCUT2D eigenvalue weighted by Crippen LogP contribution is -2.47. The Kier molecular flexibility index (Phi) is 5.15. The van der Waals surface area contributed by atoms with E-state index >= 15 is 0 Å². The minimum absolute atomic E-state index is 0.0729. The number of nitro groups is 1. The molecule has 1 aromatic rings. The average molecular weight is 383 g/mol. The molecule has 0 aliphatic carbocycles. The first-order valence-corrected chi connectivity index (χ1v) is 9.99. The molecule has 2 aliphatic heterocycles. The Morgan fingerprint density at radius 3 is 2.50 bits per heavy atom. The van der Waals surface area contributed by atoms with Gasteiger partial charge in [-0.15, -0.1) is 0 Å². The number of rotatable bonds is 5. The van der Waals surface area contributed by atoms with Crippen LogP contribution in [-0.2, 0) is 14.8 Å². The summed E-state index contributed by atoms with van der Waals surface area (Å²) in [5.74, 6) is 0. The smallest absolute Gasteiger partial charge is 0.410 e. The van der Waals surface area contributed by atoms with E-state index in [1.54, 1.807) is 4.90 Å². The Morgan fingerprint density at radius 1 is 1.27 bits per heavy atom. The van der Waals surface area contributed by atoms with Gasteiger partial charge in [-0.05, 0) is 25.3 Å². The molecule has 2 fully saturated rings. The summed E-state index contributed by atoms with van der Waals surface area (Å²) in [6.45, 7) is 2.89. The zero-order valence-corrected chi connectivity index (χ0v) is 15.2. The molecule has 1 unspecified atom stereocenters. The molecule has 0 saturated carbocycles. The topological polar surface area (TPSA) is 110 Å². The molecule has 1 aromatic carbocycles. The number of carbonyl (C=O) groups is 1. The Morgan fingerprint density at radius 2 is 1.92 bits per heavy atom. The SMILES string of the molecule is CCC1CN(C2CCN(S(=O)(=O)c3ccccc3[N+](=O)[O-])CC2)C(=O)O1. The highest BCUT2D eigenvalue weighted by Gasteiger charge is 2.39. The minimum Gasteiger partial charge on any atom is -0.444 e. The molecule has 3 rings (SSSR count). The standard InChI is InChI=1S/C16H21N3O6S/c1-2-13-11-18(16(20)25-13)12-7-9-17(10-8-12)26(23,24)15-6-4-3-5-14(15)19(21)22/h3-6,12-13H,2,7-11H2,1H3. The number of benzene rings is 1. The maximum absolute atomic E-state index is 12.8. The third kappa shape index (κ3) is 3.38. The first-order valence-electron chi connectivity index (χ1n) is 8.55. The van der Waals surface area contributed by atoms with E-state index in [1.807, 2.05) is 6.92 Å². The minimum atomic E-state index is -3.96. The number of cyclic esters (lactones) is 1. The van der Waals surface area contributed by atoms with Crippen LogP contribution in [-0.4, -0.2) is 60.4 Å².